The Morgan fingerprint density at radius 3 is 2.61 bits per heavy atom. The quantitative estimate of drug-likeness (QED) is 0.652. The molecule has 0 saturated carbocycles. The van der Waals surface area contributed by atoms with E-state index in [2.05, 4.69) is 0 Å². The molecule has 1 aliphatic rings. The van der Waals surface area contributed by atoms with Gasteiger partial charge in [0.15, 0.2) is 0 Å². The molecule has 1 aromatic carbocycles. The summed E-state index contributed by atoms with van der Waals surface area (Å²) in [4.78, 5) is 13.1. The number of carbonyl (C=O) groups excluding carboxylic acids is 1. The van der Waals surface area contributed by atoms with Crippen LogP contribution in [0.4, 0.5) is 5.69 Å². The minimum Gasteiger partial charge on any atom is -0.365 e. The minimum absolute atomic E-state index is 0.0167. The first-order chi connectivity index (χ1) is 8.65. The number of nitrogens with zero attached hydrogens (tertiary/aromatic N) is 2. The number of allylic oxidation sites excluding steroid dienone is 1. The van der Waals surface area contributed by atoms with Gasteiger partial charge < -0.3 is 10.6 Å². The van der Waals surface area contributed by atoms with Crippen molar-refractivity contribution >= 4 is 23.4 Å². The Kier molecular flexibility index (Phi) is 3.40. The second-order valence-corrected chi connectivity index (χ2v) is 4.56. The van der Waals surface area contributed by atoms with Crippen LogP contribution < -0.4 is 10.6 Å². The molecule has 0 aromatic heterocycles. The van der Waals surface area contributed by atoms with Crippen LogP contribution in [0, 0.1) is 11.3 Å². The molecular formula is C13H11N3OS. The average Bonchev–Trinajstić information content (AvgIpc) is 2.73. The highest BCUT2D eigenvalue weighted by molar-refractivity contribution is 8.06. The van der Waals surface area contributed by atoms with Gasteiger partial charge in [-0.05, 0) is 24.5 Å². The molecule has 0 unspecified atom stereocenters. The van der Waals surface area contributed by atoms with Gasteiger partial charge in [0.25, 0.3) is 5.91 Å². The zero-order valence-corrected chi connectivity index (χ0v) is 10.6. The van der Waals surface area contributed by atoms with Gasteiger partial charge in [0.2, 0.25) is 0 Å². The van der Waals surface area contributed by atoms with E-state index in [4.69, 9.17) is 11.0 Å². The summed E-state index contributed by atoms with van der Waals surface area (Å²) >= 11 is 1.33. The number of rotatable bonds is 2. The number of hydrogen-bond donors (Lipinski definition) is 1. The van der Waals surface area contributed by atoms with Crippen molar-refractivity contribution in [3.63, 3.8) is 0 Å². The van der Waals surface area contributed by atoms with Crippen molar-refractivity contribution < 1.29 is 4.79 Å². The van der Waals surface area contributed by atoms with Crippen LogP contribution in [0.5, 0.6) is 0 Å². The van der Waals surface area contributed by atoms with Gasteiger partial charge in [-0.2, -0.15) is 5.26 Å². The van der Waals surface area contributed by atoms with Crippen molar-refractivity contribution in [3.8, 4) is 6.07 Å². The molecule has 18 heavy (non-hydrogen) atoms. The van der Waals surface area contributed by atoms with Gasteiger partial charge in [0, 0.05) is 11.4 Å². The van der Waals surface area contributed by atoms with Crippen LogP contribution in [0.1, 0.15) is 6.92 Å². The summed E-state index contributed by atoms with van der Waals surface area (Å²) in [6.07, 6.45) is 0. The van der Waals surface area contributed by atoms with E-state index in [1.807, 2.05) is 53.6 Å². The molecule has 2 rings (SSSR count). The second-order valence-electron chi connectivity index (χ2n) is 3.70. The first kappa shape index (κ1) is 12.3. The van der Waals surface area contributed by atoms with Crippen molar-refractivity contribution in [1.29, 1.82) is 5.26 Å². The summed E-state index contributed by atoms with van der Waals surface area (Å²) in [5, 5.41) is 11.5. The minimum atomic E-state index is -0.705. The predicted octanol–water partition coefficient (Wildman–Crippen LogP) is 2.32. The zero-order chi connectivity index (χ0) is 13.1. The van der Waals surface area contributed by atoms with Gasteiger partial charge in [-0.3, -0.25) is 4.79 Å². The maximum atomic E-state index is 11.3. The number of benzene rings is 1. The number of thioether (sulfide) groups is 1. The van der Waals surface area contributed by atoms with Crippen molar-refractivity contribution in [2.45, 2.75) is 6.92 Å². The number of hydrogen-bond acceptors (Lipinski definition) is 4. The number of para-hydroxylation sites is 1. The fraction of sp³-hybridized carbons (Fsp3) is 0.0769. The highest BCUT2D eigenvalue weighted by Crippen LogP contribution is 2.39. The van der Waals surface area contributed by atoms with Gasteiger partial charge in [0.05, 0.1) is 0 Å². The van der Waals surface area contributed by atoms with E-state index in [9.17, 15) is 4.79 Å². The predicted molar refractivity (Wildman–Crippen MR) is 72.1 cm³/mol. The lowest BCUT2D eigenvalue weighted by atomic mass is 10.2. The van der Waals surface area contributed by atoms with Gasteiger partial charge in [-0.1, -0.05) is 30.0 Å². The molecule has 0 saturated heterocycles. The van der Waals surface area contributed by atoms with Crippen molar-refractivity contribution in [3.05, 3.63) is 52.0 Å². The topological polar surface area (TPSA) is 70.1 Å². The molecule has 0 bridgehead atoms. The first-order valence-corrected chi connectivity index (χ1v) is 6.16. The third-order valence-corrected chi connectivity index (χ3v) is 3.55. The van der Waals surface area contributed by atoms with Crippen molar-refractivity contribution in [1.82, 2.24) is 0 Å². The van der Waals surface area contributed by atoms with Gasteiger partial charge in [-0.15, -0.1) is 0 Å². The molecule has 0 aliphatic carbocycles. The van der Waals surface area contributed by atoms with Crippen LogP contribution in [0.2, 0.25) is 0 Å². The highest BCUT2D eigenvalue weighted by atomic mass is 32.2. The SMILES string of the molecule is CC1=CSC(=C(C#N)C(N)=O)N1c1ccccc1. The Morgan fingerprint density at radius 1 is 1.39 bits per heavy atom. The fourth-order valence-corrected chi connectivity index (χ4v) is 2.69. The molecule has 2 N–H and O–H groups in total. The van der Waals surface area contributed by atoms with E-state index >= 15 is 0 Å². The number of carbonyl (C=O) groups is 1. The second kappa shape index (κ2) is 4.98. The van der Waals surface area contributed by atoms with E-state index in [0.29, 0.717) is 5.03 Å². The Balaban J connectivity index is 2.53. The van der Waals surface area contributed by atoms with Crippen LogP contribution >= 0.6 is 11.8 Å². The number of primary amides is 1. The largest absolute Gasteiger partial charge is 0.365 e. The molecule has 0 spiro atoms. The van der Waals surface area contributed by atoms with Gasteiger partial charge in [0.1, 0.15) is 16.7 Å². The monoisotopic (exact) mass is 257 g/mol. The smallest absolute Gasteiger partial charge is 0.262 e. The molecule has 1 aliphatic heterocycles. The van der Waals surface area contributed by atoms with Crippen LogP contribution in [0.15, 0.2) is 52.0 Å². The van der Waals surface area contributed by atoms with Crippen LogP contribution in [-0.2, 0) is 4.79 Å². The molecule has 90 valence electrons. The number of amides is 1. The molecular weight excluding hydrogens is 246 g/mol. The molecule has 1 aromatic rings. The Bertz CT molecular complexity index is 584. The number of nitriles is 1. The number of nitrogens with two attached hydrogens (primary N) is 1. The third kappa shape index (κ3) is 2.11. The van der Waals surface area contributed by atoms with Crippen LogP contribution in [-0.4, -0.2) is 5.91 Å². The summed E-state index contributed by atoms with van der Waals surface area (Å²) < 4.78 is 0. The maximum Gasteiger partial charge on any atom is 0.262 e. The van der Waals surface area contributed by atoms with Gasteiger partial charge in [-0.25, -0.2) is 0 Å². The summed E-state index contributed by atoms with van der Waals surface area (Å²) in [5.41, 5.74) is 7.07. The summed E-state index contributed by atoms with van der Waals surface area (Å²) in [6.45, 7) is 1.92. The zero-order valence-electron chi connectivity index (χ0n) is 9.75. The van der Waals surface area contributed by atoms with Crippen LogP contribution in [0.3, 0.4) is 0 Å². The van der Waals surface area contributed by atoms with E-state index in [0.717, 1.165) is 11.4 Å². The van der Waals surface area contributed by atoms with Crippen molar-refractivity contribution in [2.24, 2.45) is 5.73 Å². The molecule has 4 nitrogen and oxygen atoms in total. The Hall–Kier alpha value is -2.19. The highest BCUT2D eigenvalue weighted by Gasteiger charge is 2.25. The van der Waals surface area contributed by atoms with E-state index in [1.165, 1.54) is 11.8 Å². The third-order valence-electron chi connectivity index (χ3n) is 2.48. The molecule has 0 radical (unpaired) electrons. The Labute approximate surface area is 109 Å². The normalized spacial score (nSPS) is 17.1. The van der Waals surface area contributed by atoms with Crippen LogP contribution in [0.25, 0.3) is 0 Å². The lowest BCUT2D eigenvalue weighted by molar-refractivity contribution is -0.114. The first-order valence-electron chi connectivity index (χ1n) is 5.28. The summed E-state index contributed by atoms with van der Waals surface area (Å²) in [5.74, 6) is -0.705. The Morgan fingerprint density at radius 2 is 2.06 bits per heavy atom. The lowest BCUT2D eigenvalue weighted by Gasteiger charge is -2.22. The summed E-state index contributed by atoms with van der Waals surface area (Å²) in [6, 6.07) is 11.4. The molecule has 0 fully saturated rings. The maximum absolute atomic E-state index is 11.3. The van der Waals surface area contributed by atoms with E-state index < -0.39 is 5.91 Å². The molecule has 1 heterocycles. The lowest BCUT2D eigenvalue weighted by Crippen LogP contribution is -2.21. The standard InChI is InChI=1S/C13H11N3OS/c1-9-8-18-13(11(7-14)12(15)17)16(9)10-5-3-2-4-6-10/h2-6,8H,1H3,(H2,15,17). The number of anilines is 1. The van der Waals surface area contributed by atoms with E-state index in [1.54, 1.807) is 0 Å². The summed E-state index contributed by atoms with van der Waals surface area (Å²) in [7, 11) is 0. The molecule has 1 amide bonds. The van der Waals surface area contributed by atoms with Gasteiger partial charge >= 0.3 is 0 Å². The molecule has 0 atom stereocenters. The van der Waals surface area contributed by atoms with Crippen molar-refractivity contribution in [2.75, 3.05) is 4.90 Å². The van der Waals surface area contributed by atoms with E-state index in [-0.39, 0.29) is 5.57 Å². The average molecular weight is 257 g/mol. The fourth-order valence-electron chi connectivity index (χ4n) is 1.68. The molecule has 5 heteroatoms.